The van der Waals surface area contributed by atoms with Gasteiger partial charge in [0.25, 0.3) is 0 Å². The average molecular weight is 174 g/mol. The molecule has 12 heavy (non-hydrogen) atoms. The summed E-state index contributed by atoms with van der Waals surface area (Å²) in [5.74, 6) is 0.779. The first-order valence-corrected chi connectivity index (χ1v) is 4.39. The van der Waals surface area contributed by atoms with Gasteiger partial charge in [-0.3, -0.25) is 4.99 Å². The van der Waals surface area contributed by atoms with Crippen molar-refractivity contribution in [1.82, 2.24) is 0 Å². The van der Waals surface area contributed by atoms with Crippen LogP contribution in [0.4, 0.5) is 0 Å². The number of nitrogens with zero attached hydrogens (tertiary/aromatic N) is 1. The molecule has 0 saturated carbocycles. The molecule has 0 aliphatic carbocycles. The third-order valence-corrected chi connectivity index (χ3v) is 1.51. The van der Waals surface area contributed by atoms with Gasteiger partial charge >= 0.3 is 0 Å². The van der Waals surface area contributed by atoms with Crippen LogP contribution in [0.5, 0.6) is 0 Å². The second kappa shape index (κ2) is 10.5. The first-order valence-electron chi connectivity index (χ1n) is 5.10. The maximum atomic E-state index is 6.92. The molecule has 0 aromatic heterocycles. The number of rotatable bonds is 6. The van der Waals surface area contributed by atoms with Crippen LogP contribution >= 0.6 is 0 Å². The first-order chi connectivity index (χ1) is 5.81. The zero-order valence-electron chi connectivity index (χ0n) is 8.47. The molecule has 0 aliphatic rings. The van der Waals surface area contributed by atoms with Gasteiger partial charge in [0.05, 0.1) is 5.84 Å². The van der Waals surface area contributed by atoms with E-state index in [1.807, 2.05) is 0 Å². The molecule has 0 spiro atoms. The molecule has 0 atom stereocenters. The summed E-state index contributed by atoms with van der Waals surface area (Å²) in [5.41, 5.74) is 5.65. The Labute approximate surface area is 78.7 Å². The van der Waals surface area contributed by atoms with Crippen molar-refractivity contribution in [3.05, 3.63) is 0 Å². The van der Waals surface area contributed by atoms with Crippen LogP contribution < -0.4 is 5.73 Å². The molecule has 0 bridgehead atoms. The number of hydrogen-bond acceptors (Lipinski definition) is 1. The van der Waals surface area contributed by atoms with E-state index >= 15 is 0 Å². The third kappa shape index (κ3) is 9.47. The Morgan fingerprint density at radius 1 is 1.42 bits per heavy atom. The molecule has 0 amide bonds. The van der Waals surface area contributed by atoms with Crippen LogP contribution in [0, 0.1) is 0 Å². The molecule has 0 unspecified atom stereocenters. The molecule has 0 fully saturated rings. The predicted molar refractivity (Wildman–Crippen MR) is 57.7 cm³/mol. The normalized spacial score (nSPS) is 12.1. The highest BCUT2D eigenvalue weighted by Crippen LogP contribution is 1.94. The van der Waals surface area contributed by atoms with Gasteiger partial charge in [0.15, 0.2) is 0 Å². The Balaban J connectivity index is 0. The zero-order chi connectivity index (χ0) is 9.23. The fraction of sp³-hybridized carbons (Fsp3) is 0.900. The fourth-order valence-corrected chi connectivity index (χ4v) is 0.771. The Kier molecular flexibility index (Phi) is 10.0. The topological polar surface area (TPSA) is 38.4 Å². The number of unbranched alkanes of at least 4 members (excludes halogenated alkanes) is 2. The van der Waals surface area contributed by atoms with Crippen molar-refractivity contribution >= 4 is 5.84 Å². The summed E-state index contributed by atoms with van der Waals surface area (Å²) in [6.45, 7) is 3.45. The fourth-order valence-electron chi connectivity index (χ4n) is 0.771. The number of nitrogens with two attached hydrogens (primary N) is 1. The minimum Gasteiger partial charge on any atom is -0.387 e. The Morgan fingerprint density at radius 3 is 2.75 bits per heavy atom. The zero-order valence-corrected chi connectivity index (χ0v) is 7.47. The molecule has 0 heterocycles. The lowest BCUT2D eigenvalue weighted by Crippen LogP contribution is -2.11. The van der Waals surface area contributed by atoms with E-state index in [1.54, 1.807) is 0 Å². The van der Waals surface area contributed by atoms with Crippen molar-refractivity contribution in [3.8, 4) is 0 Å². The Bertz CT molecular complexity index is 124. The van der Waals surface area contributed by atoms with Gasteiger partial charge in [-0.2, -0.15) is 0 Å². The lowest BCUT2D eigenvalue weighted by Gasteiger charge is -1.97. The quantitative estimate of drug-likeness (QED) is 0.375. The van der Waals surface area contributed by atoms with Gasteiger partial charge in [0.2, 0.25) is 0 Å². The van der Waals surface area contributed by atoms with Gasteiger partial charge < -0.3 is 5.73 Å². The molecule has 0 aromatic carbocycles. The summed E-state index contributed by atoms with van der Waals surface area (Å²) in [6, 6.07) is 0. The van der Waals surface area contributed by atoms with Crippen LogP contribution in [0.1, 0.15) is 54.7 Å². The minimum absolute atomic E-state index is 0. The monoisotopic (exact) mass is 174 g/mol. The molecule has 0 aromatic rings. The van der Waals surface area contributed by atoms with Crippen LogP contribution in [0.3, 0.4) is 0 Å². The van der Waals surface area contributed by atoms with E-state index in [1.165, 1.54) is 6.42 Å². The van der Waals surface area contributed by atoms with E-state index in [4.69, 9.17) is 7.10 Å². The van der Waals surface area contributed by atoms with Crippen LogP contribution in [-0.4, -0.2) is 12.4 Å². The summed E-state index contributed by atoms with van der Waals surface area (Å²) in [7, 11) is 0. The Morgan fingerprint density at radius 2 is 2.17 bits per heavy atom. The highest BCUT2D eigenvalue weighted by molar-refractivity contribution is 5.80. The molecule has 0 radical (unpaired) electrons. The van der Waals surface area contributed by atoms with E-state index in [0.717, 1.165) is 38.1 Å². The van der Waals surface area contributed by atoms with Gasteiger partial charge in [-0.1, -0.05) is 34.1 Å². The van der Waals surface area contributed by atoms with Crippen LogP contribution in [0.2, 0.25) is 0 Å². The lowest BCUT2D eigenvalue weighted by molar-refractivity contribution is 0.790. The van der Waals surface area contributed by atoms with Crippen molar-refractivity contribution in [2.24, 2.45) is 10.7 Å². The van der Waals surface area contributed by atoms with E-state index in [0.29, 0.717) is 6.90 Å². The van der Waals surface area contributed by atoms with E-state index in [9.17, 15) is 0 Å². The Hall–Kier alpha value is -0.530. The summed E-state index contributed by atoms with van der Waals surface area (Å²) < 4.78 is 6.92. The average Bonchev–Trinajstić information content (AvgIpc) is 2.09. The summed E-state index contributed by atoms with van der Waals surface area (Å²) in [4.78, 5) is 4.21. The highest BCUT2D eigenvalue weighted by atomic mass is 14.8. The first kappa shape index (κ1) is 11.5. The maximum Gasteiger partial charge on any atom is 0.0937 e. The maximum absolute atomic E-state index is 6.92. The van der Waals surface area contributed by atoms with Gasteiger partial charge in [-0.25, -0.2) is 0 Å². The molecule has 2 nitrogen and oxygen atoms in total. The van der Waals surface area contributed by atoms with Crippen molar-refractivity contribution in [2.75, 3.05) is 6.54 Å². The molecular weight excluding hydrogens is 148 g/mol. The minimum atomic E-state index is 0. The van der Waals surface area contributed by atoms with Gasteiger partial charge in [-0.15, -0.1) is 0 Å². The summed E-state index contributed by atoms with van der Waals surface area (Å²) >= 11 is 0. The van der Waals surface area contributed by atoms with Crippen LogP contribution in [-0.2, 0) is 0 Å². The van der Waals surface area contributed by atoms with Gasteiger partial charge in [-0.05, 0) is 12.8 Å². The second-order valence-electron chi connectivity index (χ2n) is 2.68. The van der Waals surface area contributed by atoms with Crippen molar-refractivity contribution < 1.29 is 1.37 Å². The van der Waals surface area contributed by atoms with Crippen molar-refractivity contribution in [1.29, 1.82) is 0 Å². The third-order valence-electron chi connectivity index (χ3n) is 1.51. The van der Waals surface area contributed by atoms with Crippen molar-refractivity contribution in [3.63, 3.8) is 0 Å². The number of hydrogen-bond donors (Lipinski definition) is 1. The van der Waals surface area contributed by atoms with Gasteiger partial charge in [0, 0.05) is 14.3 Å². The lowest BCUT2D eigenvalue weighted by atomic mass is 10.2. The summed E-state index contributed by atoms with van der Waals surface area (Å²) in [5, 5.41) is 0. The molecule has 0 rings (SSSR count). The van der Waals surface area contributed by atoms with E-state index < -0.39 is 0 Å². The number of aliphatic imine (C=N–C) groups is 1. The van der Waals surface area contributed by atoms with E-state index in [-0.39, 0.29) is 7.43 Å². The standard InChI is InChI=1S/C9H20N2.CH4/c1-3-5-7-9(10)11-8-6-4-2;/h3-8H2,1-2H3,(H2,10,11);1H4/i2T;. The molecular formula is C10H24N2. The SMILES string of the molecule is C.[3H]CCCCN=C(N)CCCC. The van der Waals surface area contributed by atoms with Crippen molar-refractivity contribution in [2.45, 2.75) is 53.4 Å². The summed E-state index contributed by atoms with van der Waals surface area (Å²) in [6.07, 6.45) is 5.16. The highest BCUT2D eigenvalue weighted by Gasteiger charge is 1.89. The smallest absolute Gasteiger partial charge is 0.0937 e. The number of amidine groups is 1. The van der Waals surface area contributed by atoms with Crippen LogP contribution in [0.25, 0.3) is 0 Å². The molecule has 2 heteroatoms. The molecule has 0 aliphatic heterocycles. The predicted octanol–water partition coefficient (Wildman–Crippen LogP) is 2.97. The van der Waals surface area contributed by atoms with Crippen LogP contribution in [0.15, 0.2) is 4.99 Å². The largest absolute Gasteiger partial charge is 0.387 e. The molecule has 74 valence electrons. The second-order valence-corrected chi connectivity index (χ2v) is 2.68. The molecule has 0 saturated heterocycles. The van der Waals surface area contributed by atoms with E-state index in [2.05, 4.69) is 11.9 Å². The molecule has 2 N–H and O–H groups in total. The van der Waals surface area contributed by atoms with Gasteiger partial charge in [0.1, 0.15) is 0 Å².